The summed E-state index contributed by atoms with van der Waals surface area (Å²) in [4.78, 5) is 29.3. The van der Waals surface area contributed by atoms with Crippen LogP contribution in [0.3, 0.4) is 0 Å². The van der Waals surface area contributed by atoms with Gasteiger partial charge in [0.15, 0.2) is 0 Å². The Morgan fingerprint density at radius 3 is 2.13 bits per heavy atom. The van der Waals surface area contributed by atoms with Gasteiger partial charge in [-0.2, -0.15) is 26.3 Å². The van der Waals surface area contributed by atoms with Gasteiger partial charge in [-0.3, -0.25) is 24.3 Å². The maximum atomic E-state index is 13.2. The molecule has 2 aromatic rings. The molecule has 2 aliphatic rings. The Morgan fingerprint density at radius 1 is 0.974 bits per heavy atom. The largest absolute Gasteiger partial charge is 0.480 e. The minimum atomic E-state index is -4.99. The van der Waals surface area contributed by atoms with E-state index in [2.05, 4.69) is 4.90 Å². The van der Waals surface area contributed by atoms with Gasteiger partial charge in [-0.15, -0.1) is 0 Å². The second-order valence-electron chi connectivity index (χ2n) is 8.84. The number of hydrogen-bond donors (Lipinski definition) is 1. The molecule has 15 heteroatoms. The van der Waals surface area contributed by atoms with Crippen LogP contribution in [-0.2, 0) is 21.9 Å². The van der Waals surface area contributed by atoms with Crippen molar-refractivity contribution in [3.05, 3.63) is 52.1 Å². The first-order chi connectivity index (χ1) is 18.2. The van der Waals surface area contributed by atoms with Crippen LogP contribution >= 0.6 is 24.0 Å². The number of thioether (sulfide) groups is 1. The van der Waals surface area contributed by atoms with E-state index in [1.54, 1.807) is 0 Å². The first-order valence-electron chi connectivity index (χ1n) is 11.5. The minimum Gasteiger partial charge on any atom is -0.480 e. The van der Waals surface area contributed by atoms with Crippen molar-refractivity contribution in [1.82, 2.24) is 14.7 Å². The number of carbonyl (C=O) groups excluding carboxylic acids is 1. The summed E-state index contributed by atoms with van der Waals surface area (Å²) in [6.07, 6.45) is -8.65. The van der Waals surface area contributed by atoms with E-state index >= 15 is 0 Å². The second-order valence-corrected chi connectivity index (χ2v) is 10.5. The van der Waals surface area contributed by atoms with Gasteiger partial charge in [-0.25, -0.2) is 0 Å². The standard InChI is InChI=1S/C24H21F6N3O4S2/c25-23(26,27)15-9-14(10-16(11-15)24(28,29)30)18-2-1-17(37-18)12-19-21(36)33(22(38)39-19)8-7-31-3-5-32(6-4-31)13-20(34)35/h1-2,9-12H,3-8,13H2,(H,34,35)/b19-12-. The molecule has 39 heavy (non-hydrogen) atoms. The average molecular weight is 594 g/mol. The molecule has 2 fully saturated rings. The van der Waals surface area contributed by atoms with Crippen LogP contribution in [0.15, 0.2) is 39.7 Å². The number of nitrogens with zero attached hydrogens (tertiary/aromatic N) is 3. The zero-order chi connectivity index (χ0) is 28.5. The normalized spacial score (nSPS) is 18.9. The third kappa shape index (κ3) is 7.21. The molecule has 1 aromatic carbocycles. The molecule has 0 spiro atoms. The summed E-state index contributed by atoms with van der Waals surface area (Å²) in [5.41, 5.74) is -3.34. The Bertz CT molecular complexity index is 1270. The third-order valence-electron chi connectivity index (χ3n) is 6.11. The van der Waals surface area contributed by atoms with E-state index < -0.39 is 40.9 Å². The minimum absolute atomic E-state index is 0.0287. The lowest BCUT2D eigenvalue weighted by Gasteiger charge is -2.34. The molecule has 0 bridgehead atoms. The fourth-order valence-corrected chi connectivity index (χ4v) is 5.40. The molecule has 3 heterocycles. The number of halogens is 6. The van der Waals surface area contributed by atoms with Crippen molar-refractivity contribution in [3.8, 4) is 11.3 Å². The van der Waals surface area contributed by atoms with Crippen molar-refractivity contribution in [2.24, 2.45) is 0 Å². The van der Waals surface area contributed by atoms with Crippen molar-refractivity contribution in [2.45, 2.75) is 12.4 Å². The Hall–Kier alpha value is -2.88. The topological polar surface area (TPSA) is 77.2 Å². The van der Waals surface area contributed by atoms with Crippen LogP contribution in [0.1, 0.15) is 16.9 Å². The summed E-state index contributed by atoms with van der Waals surface area (Å²) in [6, 6.07) is 3.74. The lowest BCUT2D eigenvalue weighted by atomic mass is 10.0. The SMILES string of the molecule is O=C(O)CN1CCN(CCN2C(=O)/C(=C/c3ccc(-c4cc(C(F)(F)F)cc(C(F)(F)F)c4)o3)SC2=S)CC1. The lowest BCUT2D eigenvalue weighted by molar-refractivity contribution is -0.143. The van der Waals surface area contributed by atoms with Crippen LogP contribution in [0.4, 0.5) is 26.3 Å². The number of carboxylic acids is 1. The molecule has 1 aromatic heterocycles. The van der Waals surface area contributed by atoms with E-state index in [1.807, 2.05) is 4.90 Å². The summed E-state index contributed by atoms with van der Waals surface area (Å²) in [5.74, 6) is -1.45. The summed E-state index contributed by atoms with van der Waals surface area (Å²) in [7, 11) is 0. The molecule has 0 radical (unpaired) electrons. The molecule has 210 valence electrons. The van der Waals surface area contributed by atoms with Gasteiger partial charge >= 0.3 is 18.3 Å². The molecule has 0 unspecified atom stereocenters. The molecular formula is C24H21F6N3O4S2. The van der Waals surface area contributed by atoms with Gasteiger partial charge in [0, 0.05) is 50.9 Å². The highest BCUT2D eigenvalue weighted by molar-refractivity contribution is 8.26. The molecule has 0 saturated carbocycles. The number of hydrogen-bond acceptors (Lipinski definition) is 7. The number of aliphatic carboxylic acids is 1. The van der Waals surface area contributed by atoms with E-state index in [0.717, 1.165) is 11.8 Å². The van der Waals surface area contributed by atoms with Gasteiger partial charge in [0.2, 0.25) is 0 Å². The first kappa shape index (κ1) is 29.1. The lowest BCUT2D eigenvalue weighted by Crippen LogP contribution is -2.49. The van der Waals surface area contributed by atoms with Crippen LogP contribution in [0.5, 0.6) is 0 Å². The Balaban J connectivity index is 1.44. The number of thiocarbonyl (C=S) groups is 1. The molecule has 2 saturated heterocycles. The van der Waals surface area contributed by atoms with E-state index in [0.29, 0.717) is 55.7 Å². The number of carboxylic acid groups (broad SMARTS) is 1. The molecule has 1 N–H and O–H groups in total. The number of piperazine rings is 1. The fourth-order valence-electron chi connectivity index (χ4n) is 4.11. The van der Waals surface area contributed by atoms with Crippen LogP contribution in [0.2, 0.25) is 0 Å². The van der Waals surface area contributed by atoms with Crippen molar-refractivity contribution in [3.63, 3.8) is 0 Å². The second kappa shape index (κ2) is 11.3. The summed E-state index contributed by atoms with van der Waals surface area (Å²) >= 11 is 6.32. The Kier molecular flexibility index (Phi) is 8.44. The predicted octanol–water partition coefficient (Wildman–Crippen LogP) is 4.89. The van der Waals surface area contributed by atoms with Crippen molar-refractivity contribution >= 4 is 46.3 Å². The molecule has 4 rings (SSSR count). The average Bonchev–Trinajstić information content (AvgIpc) is 3.41. The predicted molar refractivity (Wildman–Crippen MR) is 135 cm³/mol. The molecule has 1 amide bonds. The summed E-state index contributed by atoms with van der Waals surface area (Å²) < 4.78 is 85.0. The molecule has 2 aliphatic heterocycles. The number of alkyl halides is 6. The van der Waals surface area contributed by atoms with Crippen molar-refractivity contribution in [2.75, 3.05) is 45.8 Å². The van der Waals surface area contributed by atoms with Gasteiger partial charge < -0.3 is 9.52 Å². The fraction of sp³-hybridized carbons (Fsp3) is 0.375. The zero-order valence-corrected chi connectivity index (χ0v) is 21.6. The number of rotatable bonds is 7. The third-order valence-corrected chi connectivity index (χ3v) is 7.49. The van der Waals surface area contributed by atoms with Gasteiger partial charge in [-0.05, 0) is 30.3 Å². The Labute approximate surface area is 228 Å². The van der Waals surface area contributed by atoms with Crippen LogP contribution in [0.25, 0.3) is 17.4 Å². The summed E-state index contributed by atoms with van der Waals surface area (Å²) in [5, 5.41) is 8.90. The van der Waals surface area contributed by atoms with Crippen LogP contribution in [-0.4, -0.2) is 81.8 Å². The number of furan rings is 1. The monoisotopic (exact) mass is 593 g/mol. The summed E-state index contributed by atoms with van der Waals surface area (Å²) in [6.45, 7) is 3.23. The number of carbonyl (C=O) groups is 2. The highest BCUT2D eigenvalue weighted by Crippen LogP contribution is 2.39. The number of amides is 1. The first-order valence-corrected chi connectivity index (χ1v) is 12.7. The zero-order valence-electron chi connectivity index (χ0n) is 20.0. The van der Waals surface area contributed by atoms with Gasteiger partial charge in [-0.1, -0.05) is 24.0 Å². The van der Waals surface area contributed by atoms with Crippen LogP contribution in [0, 0.1) is 0 Å². The van der Waals surface area contributed by atoms with E-state index in [1.165, 1.54) is 23.1 Å². The van der Waals surface area contributed by atoms with E-state index in [-0.39, 0.29) is 29.0 Å². The van der Waals surface area contributed by atoms with Crippen molar-refractivity contribution < 1.29 is 45.5 Å². The smallest absolute Gasteiger partial charge is 0.416 e. The maximum Gasteiger partial charge on any atom is 0.416 e. The van der Waals surface area contributed by atoms with Crippen molar-refractivity contribution in [1.29, 1.82) is 0 Å². The molecule has 0 atom stereocenters. The number of benzene rings is 1. The maximum absolute atomic E-state index is 13.2. The van der Waals surface area contributed by atoms with Crippen LogP contribution < -0.4 is 0 Å². The highest BCUT2D eigenvalue weighted by Gasteiger charge is 2.37. The molecule has 7 nitrogen and oxygen atoms in total. The molecule has 0 aliphatic carbocycles. The highest BCUT2D eigenvalue weighted by atomic mass is 32.2. The van der Waals surface area contributed by atoms with E-state index in [4.69, 9.17) is 21.7 Å². The quantitative estimate of drug-likeness (QED) is 0.277. The van der Waals surface area contributed by atoms with Gasteiger partial charge in [0.05, 0.1) is 22.6 Å². The molecular weight excluding hydrogens is 572 g/mol. The Morgan fingerprint density at radius 2 is 1.56 bits per heavy atom. The van der Waals surface area contributed by atoms with Gasteiger partial charge in [0.25, 0.3) is 5.91 Å². The van der Waals surface area contributed by atoms with E-state index in [9.17, 15) is 35.9 Å². The van der Waals surface area contributed by atoms with Gasteiger partial charge in [0.1, 0.15) is 15.8 Å².